The van der Waals surface area contributed by atoms with Crippen LogP contribution in [0.3, 0.4) is 0 Å². The lowest BCUT2D eigenvalue weighted by molar-refractivity contribution is 0.0697. The van der Waals surface area contributed by atoms with Gasteiger partial charge in [-0.2, -0.15) is 0 Å². The SMILES string of the molecule is Cc1ccc(NC(=O)Nc2cc(-c3cc(F)ccc3C(=O)O)ccc2N(CC(C)C)C(C)C)cc1. The van der Waals surface area contributed by atoms with Crippen LogP contribution in [0.2, 0.25) is 0 Å². The molecule has 3 rings (SSSR count). The van der Waals surface area contributed by atoms with E-state index in [2.05, 4.69) is 43.2 Å². The molecule has 0 radical (unpaired) electrons. The fourth-order valence-electron chi connectivity index (χ4n) is 3.90. The van der Waals surface area contributed by atoms with Gasteiger partial charge in [0.1, 0.15) is 5.82 Å². The molecular formula is C28H32FN3O3. The molecule has 0 aliphatic rings. The summed E-state index contributed by atoms with van der Waals surface area (Å²) >= 11 is 0. The molecule has 0 saturated heterocycles. The number of nitrogens with one attached hydrogen (secondary N) is 2. The standard InChI is InChI=1S/C28H32FN3O3/c1-17(2)16-32(18(3)4)26-13-8-20(24-15-21(29)9-12-23(24)27(33)34)14-25(26)31-28(35)30-22-10-6-19(5)7-11-22/h6-15,17-18H,16H2,1-5H3,(H,33,34)(H2,30,31,35). The van der Waals surface area contributed by atoms with Gasteiger partial charge in [-0.25, -0.2) is 14.0 Å². The summed E-state index contributed by atoms with van der Waals surface area (Å²) in [5.41, 5.74) is 3.74. The number of hydrogen-bond donors (Lipinski definition) is 3. The molecule has 0 aromatic heterocycles. The first-order chi connectivity index (χ1) is 16.5. The number of carbonyl (C=O) groups excluding carboxylic acids is 1. The zero-order valence-electron chi connectivity index (χ0n) is 20.7. The number of benzene rings is 3. The number of carboxylic acids is 1. The number of amides is 2. The quantitative estimate of drug-likeness (QED) is 0.326. The third-order valence-electron chi connectivity index (χ3n) is 5.57. The van der Waals surface area contributed by atoms with Crippen molar-refractivity contribution in [3.8, 4) is 11.1 Å². The average molecular weight is 478 g/mol. The molecule has 6 nitrogen and oxygen atoms in total. The Morgan fingerprint density at radius 1 is 0.943 bits per heavy atom. The molecule has 0 aliphatic heterocycles. The molecule has 7 heteroatoms. The number of halogens is 1. The van der Waals surface area contributed by atoms with Gasteiger partial charge in [-0.1, -0.05) is 37.6 Å². The van der Waals surface area contributed by atoms with Gasteiger partial charge in [-0.3, -0.25) is 0 Å². The lowest BCUT2D eigenvalue weighted by atomic mass is 9.98. The Kier molecular flexibility index (Phi) is 8.12. The van der Waals surface area contributed by atoms with Gasteiger partial charge in [-0.15, -0.1) is 0 Å². The van der Waals surface area contributed by atoms with Crippen LogP contribution in [-0.2, 0) is 0 Å². The molecule has 184 valence electrons. The average Bonchev–Trinajstić information content (AvgIpc) is 2.78. The molecule has 0 atom stereocenters. The number of rotatable bonds is 8. The third-order valence-corrected chi connectivity index (χ3v) is 5.57. The first-order valence-electron chi connectivity index (χ1n) is 11.6. The fraction of sp³-hybridized carbons (Fsp3) is 0.286. The van der Waals surface area contributed by atoms with Gasteiger partial charge in [0.2, 0.25) is 0 Å². The van der Waals surface area contributed by atoms with E-state index in [9.17, 15) is 19.1 Å². The van der Waals surface area contributed by atoms with Crippen LogP contribution in [-0.4, -0.2) is 29.7 Å². The molecule has 0 saturated carbocycles. The summed E-state index contributed by atoms with van der Waals surface area (Å²) in [4.78, 5) is 26.9. The van der Waals surface area contributed by atoms with Crippen molar-refractivity contribution in [3.63, 3.8) is 0 Å². The number of carboxylic acid groups (broad SMARTS) is 1. The van der Waals surface area contributed by atoms with Gasteiger partial charge in [0.25, 0.3) is 0 Å². The molecule has 35 heavy (non-hydrogen) atoms. The lowest BCUT2D eigenvalue weighted by Crippen LogP contribution is -2.35. The van der Waals surface area contributed by atoms with E-state index < -0.39 is 17.8 Å². The number of urea groups is 1. The third kappa shape index (κ3) is 6.59. The summed E-state index contributed by atoms with van der Waals surface area (Å²) in [6, 6.07) is 16.0. The number of hydrogen-bond acceptors (Lipinski definition) is 3. The maximum Gasteiger partial charge on any atom is 0.336 e. The van der Waals surface area contributed by atoms with E-state index in [1.54, 1.807) is 12.1 Å². The van der Waals surface area contributed by atoms with E-state index in [4.69, 9.17) is 0 Å². The highest BCUT2D eigenvalue weighted by molar-refractivity contribution is 6.03. The molecule has 0 bridgehead atoms. The number of nitrogens with zero attached hydrogens (tertiary/aromatic N) is 1. The van der Waals surface area contributed by atoms with E-state index in [1.807, 2.05) is 37.3 Å². The molecule has 0 aliphatic carbocycles. The summed E-state index contributed by atoms with van der Waals surface area (Å²) in [5, 5.41) is 15.4. The second-order valence-corrected chi connectivity index (χ2v) is 9.31. The van der Waals surface area contributed by atoms with E-state index in [0.717, 1.165) is 23.9 Å². The van der Waals surface area contributed by atoms with Crippen LogP contribution < -0.4 is 15.5 Å². The maximum atomic E-state index is 14.1. The predicted octanol–water partition coefficient (Wildman–Crippen LogP) is 7.01. The van der Waals surface area contributed by atoms with Crippen molar-refractivity contribution >= 4 is 29.1 Å². The Hall–Kier alpha value is -3.87. The lowest BCUT2D eigenvalue weighted by Gasteiger charge is -2.32. The molecule has 0 fully saturated rings. The number of carbonyl (C=O) groups is 2. The summed E-state index contributed by atoms with van der Waals surface area (Å²) in [6.45, 7) is 11.1. The van der Waals surface area contributed by atoms with E-state index in [-0.39, 0.29) is 17.2 Å². The molecule has 2 amide bonds. The largest absolute Gasteiger partial charge is 0.478 e. The Morgan fingerprint density at radius 2 is 1.63 bits per heavy atom. The predicted molar refractivity (Wildman–Crippen MR) is 140 cm³/mol. The normalized spacial score (nSPS) is 11.0. The van der Waals surface area contributed by atoms with Gasteiger partial charge < -0.3 is 20.6 Å². The van der Waals surface area contributed by atoms with E-state index in [0.29, 0.717) is 22.9 Å². The van der Waals surface area contributed by atoms with Crippen LogP contribution in [0.5, 0.6) is 0 Å². The van der Waals surface area contributed by atoms with Crippen LogP contribution in [0.4, 0.5) is 26.2 Å². The van der Waals surface area contributed by atoms with Gasteiger partial charge >= 0.3 is 12.0 Å². The Labute approximate surface area is 205 Å². The molecule has 0 spiro atoms. The van der Waals surface area contributed by atoms with Crippen LogP contribution in [0, 0.1) is 18.7 Å². The molecule has 3 aromatic carbocycles. The molecule has 0 unspecified atom stereocenters. The fourth-order valence-corrected chi connectivity index (χ4v) is 3.90. The van der Waals surface area contributed by atoms with Crippen molar-refractivity contribution in [1.29, 1.82) is 0 Å². The highest BCUT2D eigenvalue weighted by atomic mass is 19.1. The maximum absolute atomic E-state index is 14.1. The zero-order valence-corrected chi connectivity index (χ0v) is 20.7. The van der Waals surface area contributed by atoms with E-state index >= 15 is 0 Å². The van der Waals surface area contributed by atoms with Gasteiger partial charge in [0, 0.05) is 18.3 Å². The summed E-state index contributed by atoms with van der Waals surface area (Å²) in [6.07, 6.45) is 0. The van der Waals surface area contributed by atoms with Crippen molar-refractivity contribution in [2.45, 2.75) is 40.7 Å². The topological polar surface area (TPSA) is 81.7 Å². The zero-order chi connectivity index (χ0) is 25.7. The van der Waals surface area contributed by atoms with E-state index in [1.165, 1.54) is 12.1 Å². The van der Waals surface area contributed by atoms with Gasteiger partial charge in [0.05, 0.1) is 16.9 Å². The molecule has 0 heterocycles. The number of aromatic carboxylic acids is 1. The molecule has 3 aromatic rings. The highest BCUT2D eigenvalue weighted by Crippen LogP contribution is 2.35. The van der Waals surface area contributed by atoms with Crippen molar-refractivity contribution in [2.75, 3.05) is 22.1 Å². The second-order valence-electron chi connectivity index (χ2n) is 9.31. The first kappa shape index (κ1) is 25.7. The second kappa shape index (κ2) is 11.0. The minimum atomic E-state index is -1.15. The van der Waals surface area contributed by atoms with Gasteiger partial charge in [0.15, 0.2) is 0 Å². The van der Waals surface area contributed by atoms with Crippen molar-refractivity contribution in [1.82, 2.24) is 0 Å². The van der Waals surface area contributed by atoms with Crippen LogP contribution in [0.1, 0.15) is 43.6 Å². The van der Waals surface area contributed by atoms with Crippen LogP contribution >= 0.6 is 0 Å². The number of anilines is 3. The van der Waals surface area contributed by atoms with Crippen molar-refractivity contribution in [2.24, 2.45) is 5.92 Å². The van der Waals surface area contributed by atoms with Crippen LogP contribution in [0.25, 0.3) is 11.1 Å². The first-order valence-corrected chi connectivity index (χ1v) is 11.6. The van der Waals surface area contributed by atoms with Crippen molar-refractivity contribution in [3.05, 3.63) is 77.6 Å². The molecular weight excluding hydrogens is 445 g/mol. The minimum absolute atomic E-state index is 0.0166. The monoisotopic (exact) mass is 477 g/mol. The number of aryl methyl sites for hydroxylation is 1. The van der Waals surface area contributed by atoms with Gasteiger partial charge in [-0.05, 0) is 80.3 Å². The molecule has 3 N–H and O–H groups in total. The Balaban J connectivity index is 2.06. The van der Waals surface area contributed by atoms with Crippen molar-refractivity contribution < 1.29 is 19.1 Å². The smallest absolute Gasteiger partial charge is 0.336 e. The Bertz CT molecular complexity index is 1210. The van der Waals surface area contributed by atoms with Crippen LogP contribution in [0.15, 0.2) is 60.7 Å². The highest BCUT2D eigenvalue weighted by Gasteiger charge is 2.20. The Morgan fingerprint density at radius 3 is 2.23 bits per heavy atom. The summed E-state index contributed by atoms with van der Waals surface area (Å²) in [7, 11) is 0. The summed E-state index contributed by atoms with van der Waals surface area (Å²) in [5.74, 6) is -1.32. The minimum Gasteiger partial charge on any atom is -0.478 e. The summed E-state index contributed by atoms with van der Waals surface area (Å²) < 4.78 is 14.1.